The van der Waals surface area contributed by atoms with E-state index in [1.807, 2.05) is 0 Å². The van der Waals surface area contributed by atoms with Crippen LogP contribution in [0.15, 0.2) is 5.38 Å². The summed E-state index contributed by atoms with van der Waals surface area (Å²) in [5.74, 6) is 0.782. The van der Waals surface area contributed by atoms with Gasteiger partial charge in [0.1, 0.15) is 0 Å². The van der Waals surface area contributed by atoms with Crippen LogP contribution < -0.4 is 5.32 Å². The van der Waals surface area contributed by atoms with Crippen molar-refractivity contribution in [3.05, 3.63) is 16.1 Å². The molecule has 0 saturated heterocycles. The highest BCUT2D eigenvalue weighted by Crippen LogP contribution is 2.09. The summed E-state index contributed by atoms with van der Waals surface area (Å²) in [6, 6.07) is 0. The van der Waals surface area contributed by atoms with Crippen molar-refractivity contribution >= 4 is 11.3 Å². The molecular formula is C11H20N2S. The predicted molar refractivity (Wildman–Crippen MR) is 62.7 cm³/mol. The fourth-order valence-electron chi connectivity index (χ4n) is 1.20. The third-order valence-electron chi connectivity index (χ3n) is 2.11. The van der Waals surface area contributed by atoms with Crippen molar-refractivity contribution in [2.45, 2.75) is 40.2 Å². The van der Waals surface area contributed by atoms with Gasteiger partial charge in [-0.05, 0) is 25.3 Å². The summed E-state index contributed by atoms with van der Waals surface area (Å²) >= 11 is 1.76. The van der Waals surface area contributed by atoms with Crippen LogP contribution in [0.3, 0.4) is 0 Å². The quantitative estimate of drug-likeness (QED) is 0.733. The maximum absolute atomic E-state index is 4.50. The van der Waals surface area contributed by atoms with E-state index in [-0.39, 0.29) is 0 Å². The molecule has 0 bridgehead atoms. The maximum atomic E-state index is 4.50. The zero-order chi connectivity index (χ0) is 10.4. The SMILES string of the molecule is CCc1nc(CNCCC(C)C)cs1. The maximum Gasteiger partial charge on any atom is 0.0926 e. The average molecular weight is 212 g/mol. The number of rotatable bonds is 6. The Kier molecular flexibility index (Phi) is 5.12. The zero-order valence-corrected chi connectivity index (χ0v) is 10.2. The molecule has 1 aromatic rings. The smallest absolute Gasteiger partial charge is 0.0926 e. The number of hydrogen-bond donors (Lipinski definition) is 1. The Labute approximate surface area is 90.8 Å². The molecule has 1 heterocycles. The van der Waals surface area contributed by atoms with Gasteiger partial charge in [-0.3, -0.25) is 0 Å². The number of aryl methyl sites for hydroxylation is 1. The minimum Gasteiger partial charge on any atom is -0.311 e. The van der Waals surface area contributed by atoms with Crippen LogP contribution in [0.5, 0.6) is 0 Å². The Bertz CT molecular complexity index is 256. The first kappa shape index (κ1) is 11.7. The van der Waals surface area contributed by atoms with Gasteiger partial charge in [-0.15, -0.1) is 11.3 Å². The summed E-state index contributed by atoms with van der Waals surface area (Å²) < 4.78 is 0. The molecule has 1 N–H and O–H groups in total. The van der Waals surface area contributed by atoms with E-state index < -0.39 is 0 Å². The molecule has 0 aromatic carbocycles. The lowest BCUT2D eigenvalue weighted by molar-refractivity contribution is 0.535. The number of nitrogens with zero attached hydrogens (tertiary/aromatic N) is 1. The van der Waals surface area contributed by atoms with Gasteiger partial charge in [-0.25, -0.2) is 4.98 Å². The van der Waals surface area contributed by atoms with Gasteiger partial charge in [-0.1, -0.05) is 20.8 Å². The molecule has 1 aromatic heterocycles. The van der Waals surface area contributed by atoms with Crippen molar-refractivity contribution in [3.8, 4) is 0 Å². The van der Waals surface area contributed by atoms with Crippen molar-refractivity contribution in [1.29, 1.82) is 0 Å². The Morgan fingerprint density at radius 3 is 2.86 bits per heavy atom. The van der Waals surface area contributed by atoms with Crippen LogP contribution in [-0.4, -0.2) is 11.5 Å². The monoisotopic (exact) mass is 212 g/mol. The molecule has 0 unspecified atom stereocenters. The Balaban J connectivity index is 2.18. The lowest BCUT2D eigenvalue weighted by atomic mass is 10.1. The molecule has 0 atom stereocenters. The van der Waals surface area contributed by atoms with Crippen LogP contribution in [0.4, 0.5) is 0 Å². The Hall–Kier alpha value is -0.410. The van der Waals surface area contributed by atoms with Crippen LogP contribution in [0, 0.1) is 5.92 Å². The van der Waals surface area contributed by atoms with Crippen molar-refractivity contribution in [1.82, 2.24) is 10.3 Å². The highest BCUT2D eigenvalue weighted by atomic mass is 32.1. The molecule has 3 heteroatoms. The third-order valence-corrected chi connectivity index (χ3v) is 3.15. The van der Waals surface area contributed by atoms with E-state index in [0.717, 1.165) is 25.4 Å². The van der Waals surface area contributed by atoms with E-state index >= 15 is 0 Å². The summed E-state index contributed by atoms with van der Waals surface area (Å²) in [5.41, 5.74) is 1.19. The van der Waals surface area contributed by atoms with Crippen molar-refractivity contribution in [2.24, 2.45) is 5.92 Å². The fourth-order valence-corrected chi connectivity index (χ4v) is 1.94. The van der Waals surface area contributed by atoms with E-state index in [1.165, 1.54) is 17.1 Å². The van der Waals surface area contributed by atoms with Gasteiger partial charge in [0.2, 0.25) is 0 Å². The molecule has 0 amide bonds. The van der Waals surface area contributed by atoms with Gasteiger partial charge >= 0.3 is 0 Å². The van der Waals surface area contributed by atoms with E-state index in [1.54, 1.807) is 11.3 Å². The summed E-state index contributed by atoms with van der Waals surface area (Å²) in [6.45, 7) is 8.66. The van der Waals surface area contributed by atoms with E-state index in [4.69, 9.17) is 0 Å². The molecule has 2 nitrogen and oxygen atoms in total. The molecular weight excluding hydrogens is 192 g/mol. The highest BCUT2D eigenvalue weighted by Gasteiger charge is 1.99. The van der Waals surface area contributed by atoms with Gasteiger partial charge in [-0.2, -0.15) is 0 Å². The number of thiazole rings is 1. The van der Waals surface area contributed by atoms with E-state index in [2.05, 4.69) is 36.5 Å². The first-order valence-corrected chi connectivity index (χ1v) is 6.24. The molecule has 0 spiro atoms. The molecule has 0 radical (unpaired) electrons. The minimum absolute atomic E-state index is 0.782. The molecule has 0 fully saturated rings. The third kappa shape index (κ3) is 4.20. The van der Waals surface area contributed by atoms with Crippen LogP contribution >= 0.6 is 11.3 Å². The lowest BCUT2D eigenvalue weighted by Gasteiger charge is -2.04. The van der Waals surface area contributed by atoms with Crippen LogP contribution in [0.1, 0.15) is 37.9 Å². The molecule has 14 heavy (non-hydrogen) atoms. The Morgan fingerprint density at radius 2 is 2.29 bits per heavy atom. The average Bonchev–Trinajstić information content (AvgIpc) is 2.60. The second-order valence-corrected chi connectivity index (χ2v) is 4.89. The van der Waals surface area contributed by atoms with E-state index in [9.17, 15) is 0 Å². The topological polar surface area (TPSA) is 24.9 Å². The van der Waals surface area contributed by atoms with Gasteiger partial charge in [0, 0.05) is 11.9 Å². The molecule has 0 aliphatic heterocycles. The fraction of sp³-hybridized carbons (Fsp3) is 0.727. The minimum atomic E-state index is 0.782. The molecule has 0 aliphatic rings. The van der Waals surface area contributed by atoms with Gasteiger partial charge in [0.15, 0.2) is 0 Å². The number of hydrogen-bond acceptors (Lipinski definition) is 3. The second kappa shape index (κ2) is 6.14. The second-order valence-electron chi connectivity index (χ2n) is 3.95. The molecule has 80 valence electrons. The highest BCUT2D eigenvalue weighted by molar-refractivity contribution is 7.09. The van der Waals surface area contributed by atoms with Crippen LogP contribution in [-0.2, 0) is 13.0 Å². The predicted octanol–water partition coefficient (Wildman–Crippen LogP) is 2.84. The largest absolute Gasteiger partial charge is 0.311 e. The summed E-state index contributed by atoms with van der Waals surface area (Å²) in [5, 5.41) is 6.81. The van der Waals surface area contributed by atoms with Gasteiger partial charge in [0.05, 0.1) is 10.7 Å². The van der Waals surface area contributed by atoms with Crippen LogP contribution in [0.2, 0.25) is 0 Å². The molecule has 0 saturated carbocycles. The first-order chi connectivity index (χ1) is 6.72. The molecule has 0 aliphatic carbocycles. The first-order valence-electron chi connectivity index (χ1n) is 5.36. The lowest BCUT2D eigenvalue weighted by Crippen LogP contribution is -2.16. The number of nitrogens with one attached hydrogen (secondary N) is 1. The van der Waals surface area contributed by atoms with Gasteiger partial charge in [0.25, 0.3) is 0 Å². The standard InChI is InChI=1S/C11H20N2S/c1-4-11-13-10(8-14-11)7-12-6-5-9(2)3/h8-9,12H,4-7H2,1-3H3. The van der Waals surface area contributed by atoms with Crippen molar-refractivity contribution < 1.29 is 0 Å². The molecule has 1 rings (SSSR count). The summed E-state index contributed by atoms with van der Waals surface area (Å²) in [4.78, 5) is 4.50. The van der Waals surface area contributed by atoms with Gasteiger partial charge < -0.3 is 5.32 Å². The Morgan fingerprint density at radius 1 is 1.50 bits per heavy atom. The summed E-state index contributed by atoms with van der Waals surface area (Å²) in [7, 11) is 0. The normalized spacial score (nSPS) is 11.1. The summed E-state index contributed by atoms with van der Waals surface area (Å²) in [6.07, 6.45) is 2.29. The van der Waals surface area contributed by atoms with Crippen molar-refractivity contribution in [3.63, 3.8) is 0 Å². The zero-order valence-electron chi connectivity index (χ0n) is 9.34. The van der Waals surface area contributed by atoms with Crippen LogP contribution in [0.25, 0.3) is 0 Å². The van der Waals surface area contributed by atoms with E-state index in [0.29, 0.717) is 0 Å². The number of aromatic nitrogens is 1. The van der Waals surface area contributed by atoms with Crippen molar-refractivity contribution in [2.75, 3.05) is 6.54 Å².